The van der Waals surface area contributed by atoms with Crippen molar-refractivity contribution in [1.82, 2.24) is 35.4 Å². The molecule has 3 aromatic rings. The van der Waals surface area contributed by atoms with Crippen LogP contribution in [0.15, 0.2) is 47.8 Å². The van der Waals surface area contributed by atoms with E-state index in [9.17, 15) is 0 Å². The summed E-state index contributed by atoms with van der Waals surface area (Å²) in [5, 5.41) is 14.7. The zero-order valence-electron chi connectivity index (χ0n) is 16.2. The number of benzene rings is 1. The molecule has 0 bridgehead atoms. The molecule has 3 N–H and O–H groups in total. The number of hydrogen-bond donors (Lipinski definition) is 3. The molecule has 0 fully saturated rings. The van der Waals surface area contributed by atoms with E-state index in [1.807, 2.05) is 31.3 Å². The Bertz CT molecular complexity index is 856. The van der Waals surface area contributed by atoms with Gasteiger partial charge in [-0.1, -0.05) is 37.3 Å². The molecule has 0 spiro atoms. The van der Waals surface area contributed by atoms with Gasteiger partial charge in [0.2, 0.25) is 0 Å². The van der Waals surface area contributed by atoms with Crippen LogP contribution in [0, 0.1) is 0 Å². The molecule has 0 aliphatic carbocycles. The molecule has 2 heterocycles. The van der Waals surface area contributed by atoms with Crippen LogP contribution in [-0.2, 0) is 19.5 Å². The maximum Gasteiger partial charge on any atom is 0.191 e. The minimum Gasteiger partial charge on any atom is -0.357 e. The summed E-state index contributed by atoms with van der Waals surface area (Å²) in [6, 6.07) is 10.1. The normalized spacial score (nSPS) is 11.1. The summed E-state index contributed by atoms with van der Waals surface area (Å²) in [5.74, 6) is 2.59. The second-order valence-electron chi connectivity index (χ2n) is 6.03. The van der Waals surface area contributed by atoms with Crippen LogP contribution >= 0.6 is 24.0 Å². The first kappa shape index (κ1) is 21.9. The van der Waals surface area contributed by atoms with Gasteiger partial charge in [-0.2, -0.15) is 0 Å². The highest BCUT2D eigenvalue weighted by Gasteiger charge is 2.04. The number of rotatable bonds is 8. The highest BCUT2D eigenvalue weighted by atomic mass is 127. The van der Waals surface area contributed by atoms with Crippen molar-refractivity contribution in [2.75, 3.05) is 13.1 Å². The number of halogens is 1. The quantitative estimate of drug-likeness (QED) is 0.254. The highest BCUT2D eigenvalue weighted by molar-refractivity contribution is 14.0. The zero-order valence-corrected chi connectivity index (χ0v) is 18.6. The molecule has 2 aromatic heterocycles. The molecule has 8 nitrogen and oxygen atoms in total. The van der Waals surface area contributed by atoms with E-state index in [4.69, 9.17) is 0 Å². The van der Waals surface area contributed by atoms with E-state index in [0.29, 0.717) is 6.54 Å². The number of aromatic amines is 1. The van der Waals surface area contributed by atoms with Crippen LogP contribution < -0.4 is 10.6 Å². The lowest BCUT2D eigenvalue weighted by Gasteiger charge is -2.12. The maximum atomic E-state index is 4.61. The van der Waals surface area contributed by atoms with E-state index in [2.05, 4.69) is 59.4 Å². The fraction of sp³-hybridized carbons (Fsp3) is 0.368. The van der Waals surface area contributed by atoms with Crippen LogP contribution in [0.3, 0.4) is 0 Å². The third-order valence-electron chi connectivity index (χ3n) is 4.10. The van der Waals surface area contributed by atoms with Gasteiger partial charge in [0.05, 0.1) is 11.9 Å². The van der Waals surface area contributed by atoms with Crippen molar-refractivity contribution in [1.29, 1.82) is 0 Å². The lowest BCUT2D eigenvalue weighted by Crippen LogP contribution is -2.39. The molecule has 0 saturated carbocycles. The Kier molecular flexibility index (Phi) is 8.92. The molecule has 0 unspecified atom stereocenters. The summed E-state index contributed by atoms with van der Waals surface area (Å²) in [6.45, 7) is 6.93. The first-order valence-corrected chi connectivity index (χ1v) is 9.28. The van der Waals surface area contributed by atoms with E-state index in [0.717, 1.165) is 54.9 Å². The molecule has 1 aromatic carbocycles. The van der Waals surface area contributed by atoms with Crippen molar-refractivity contribution in [3.8, 4) is 11.3 Å². The lowest BCUT2D eigenvalue weighted by molar-refractivity contribution is 0.632. The van der Waals surface area contributed by atoms with Gasteiger partial charge in [-0.3, -0.25) is 0 Å². The topological polar surface area (TPSA) is 95.8 Å². The number of nitrogens with one attached hydrogen (secondary N) is 3. The average molecular weight is 494 g/mol. The van der Waals surface area contributed by atoms with Crippen LogP contribution in [0.2, 0.25) is 0 Å². The number of aliphatic imine (C=N–C) groups is 1. The molecule has 0 saturated heterocycles. The predicted octanol–water partition coefficient (Wildman–Crippen LogP) is 2.60. The molecule has 9 heteroatoms. The number of imidazole rings is 1. The van der Waals surface area contributed by atoms with Crippen molar-refractivity contribution in [2.24, 2.45) is 4.99 Å². The molecular weight excluding hydrogens is 467 g/mol. The average Bonchev–Trinajstić information content (AvgIpc) is 3.36. The second kappa shape index (κ2) is 11.4. The smallest absolute Gasteiger partial charge is 0.191 e. The zero-order chi connectivity index (χ0) is 18.9. The molecule has 0 aliphatic rings. The molecule has 0 amide bonds. The minimum atomic E-state index is 0. The van der Waals surface area contributed by atoms with Gasteiger partial charge in [-0.15, -0.1) is 34.2 Å². The molecular formula is C19H27IN8. The minimum absolute atomic E-state index is 0. The second-order valence-corrected chi connectivity index (χ2v) is 6.03. The molecule has 3 rings (SSSR count). The van der Waals surface area contributed by atoms with Crippen molar-refractivity contribution in [3.05, 3.63) is 54.5 Å². The van der Waals surface area contributed by atoms with E-state index in [-0.39, 0.29) is 24.0 Å². The molecule has 0 radical (unpaired) electrons. The van der Waals surface area contributed by atoms with E-state index in [1.165, 1.54) is 0 Å². The van der Waals surface area contributed by atoms with Gasteiger partial charge in [-0.25, -0.2) is 9.98 Å². The van der Waals surface area contributed by atoms with Crippen LogP contribution in [0.5, 0.6) is 0 Å². The van der Waals surface area contributed by atoms with Gasteiger partial charge in [0, 0.05) is 26.1 Å². The SMILES string of the molecule is CCNC(=NCc1ncc(-c2ccccc2)[nH]1)NCCn1cnnc1CC.I. The Balaban J connectivity index is 0.00000280. The maximum absolute atomic E-state index is 4.61. The van der Waals surface area contributed by atoms with Crippen molar-refractivity contribution >= 4 is 29.9 Å². The third-order valence-corrected chi connectivity index (χ3v) is 4.10. The summed E-state index contributed by atoms with van der Waals surface area (Å²) < 4.78 is 2.05. The first-order valence-electron chi connectivity index (χ1n) is 9.28. The monoisotopic (exact) mass is 494 g/mol. The van der Waals surface area contributed by atoms with Gasteiger partial charge < -0.3 is 20.2 Å². The lowest BCUT2D eigenvalue weighted by atomic mass is 10.2. The Morgan fingerprint density at radius 1 is 1.18 bits per heavy atom. The summed E-state index contributed by atoms with van der Waals surface area (Å²) in [6.07, 6.45) is 4.48. The number of aromatic nitrogens is 5. The third kappa shape index (κ3) is 6.04. The number of nitrogens with zero attached hydrogens (tertiary/aromatic N) is 5. The Morgan fingerprint density at radius 3 is 2.75 bits per heavy atom. The number of aryl methyl sites for hydroxylation is 1. The van der Waals surface area contributed by atoms with Gasteiger partial charge in [0.25, 0.3) is 0 Å². The first-order chi connectivity index (χ1) is 13.3. The Labute approximate surface area is 182 Å². The molecule has 0 aliphatic heterocycles. The van der Waals surface area contributed by atoms with Crippen LogP contribution in [-0.4, -0.2) is 43.8 Å². The van der Waals surface area contributed by atoms with E-state index in [1.54, 1.807) is 6.33 Å². The fourth-order valence-electron chi connectivity index (χ4n) is 2.74. The summed E-state index contributed by atoms with van der Waals surface area (Å²) >= 11 is 0. The van der Waals surface area contributed by atoms with Crippen molar-refractivity contribution in [3.63, 3.8) is 0 Å². The number of hydrogen-bond acceptors (Lipinski definition) is 4. The van der Waals surface area contributed by atoms with Crippen LogP contribution in [0.4, 0.5) is 0 Å². The largest absolute Gasteiger partial charge is 0.357 e. The van der Waals surface area contributed by atoms with Crippen molar-refractivity contribution < 1.29 is 0 Å². The Morgan fingerprint density at radius 2 is 2.00 bits per heavy atom. The van der Waals surface area contributed by atoms with E-state index >= 15 is 0 Å². The van der Waals surface area contributed by atoms with Crippen LogP contribution in [0.25, 0.3) is 11.3 Å². The summed E-state index contributed by atoms with van der Waals surface area (Å²) in [4.78, 5) is 12.4. The van der Waals surface area contributed by atoms with Gasteiger partial charge in [-0.05, 0) is 12.5 Å². The van der Waals surface area contributed by atoms with Crippen LogP contribution in [0.1, 0.15) is 25.5 Å². The predicted molar refractivity (Wildman–Crippen MR) is 122 cm³/mol. The Hall–Kier alpha value is -2.43. The highest BCUT2D eigenvalue weighted by Crippen LogP contribution is 2.16. The summed E-state index contributed by atoms with van der Waals surface area (Å²) in [5.41, 5.74) is 2.12. The molecule has 150 valence electrons. The van der Waals surface area contributed by atoms with E-state index < -0.39 is 0 Å². The molecule has 0 atom stereocenters. The van der Waals surface area contributed by atoms with Crippen molar-refractivity contribution in [2.45, 2.75) is 33.4 Å². The van der Waals surface area contributed by atoms with Gasteiger partial charge >= 0.3 is 0 Å². The number of guanidine groups is 1. The fourth-order valence-corrected chi connectivity index (χ4v) is 2.74. The summed E-state index contributed by atoms with van der Waals surface area (Å²) in [7, 11) is 0. The van der Waals surface area contributed by atoms with Gasteiger partial charge in [0.15, 0.2) is 5.96 Å². The number of H-pyrrole nitrogens is 1. The van der Waals surface area contributed by atoms with Gasteiger partial charge in [0.1, 0.15) is 24.5 Å². The standard InChI is InChI=1S/C19H26N8.HI/c1-3-18-26-24-14-27(18)11-10-21-19(20-4-2)23-13-17-22-12-16(25-17)15-8-6-5-7-9-15;/h5-9,12,14H,3-4,10-11,13H2,1-2H3,(H,22,25)(H2,20,21,23);1H. The molecule has 28 heavy (non-hydrogen) atoms.